The number of benzene rings is 3. The Kier molecular flexibility index (Phi) is 11.6. The topological polar surface area (TPSA) is 115 Å². The number of carbonyl (C=O) groups excluding carboxylic acids is 2. The lowest BCUT2D eigenvalue weighted by molar-refractivity contribution is -0.124. The first-order chi connectivity index (χ1) is 21.0. The van der Waals surface area contributed by atoms with Crippen LogP contribution >= 0.6 is 11.6 Å². The van der Waals surface area contributed by atoms with Crippen LogP contribution in [0.15, 0.2) is 72.8 Å². The van der Waals surface area contributed by atoms with Crippen LogP contribution in [0.25, 0.3) is 0 Å². The molecule has 1 fully saturated rings. The maximum Gasteiger partial charge on any atom is 0.407 e. The lowest BCUT2D eigenvalue weighted by Gasteiger charge is -2.30. The highest BCUT2D eigenvalue weighted by Gasteiger charge is 2.30. The Morgan fingerprint density at radius 3 is 2.48 bits per heavy atom. The van der Waals surface area contributed by atoms with E-state index in [1.807, 2.05) is 36.4 Å². The number of ether oxygens (including phenoxy) is 2. The summed E-state index contributed by atoms with van der Waals surface area (Å²) in [5.41, 5.74) is 8.71. The first kappa shape index (κ1) is 33.2. The molecular formula is C31H33ClF4N4O4. The summed E-state index contributed by atoms with van der Waals surface area (Å²) in [6, 6.07) is 19.4. The number of halogens is 5. The molecule has 0 spiro atoms. The highest BCUT2D eigenvalue weighted by molar-refractivity contribution is 6.30. The molecular weight excluding hydrogens is 604 g/mol. The fourth-order valence-corrected chi connectivity index (χ4v) is 5.13. The van der Waals surface area contributed by atoms with E-state index in [1.165, 1.54) is 12.1 Å². The van der Waals surface area contributed by atoms with Crippen molar-refractivity contribution in [2.24, 2.45) is 5.73 Å². The number of hydrogen-bond acceptors (Lipinski definition) is 6. The number of alkyl carbamates (subject to hydrolysis) is 1. The minimum atomic E-state index is -4.53. The molecule has 1 aliphatic heterocycles. The molecule has 0 aromatic heterocycles. The summed E-state index contributed by atoms with van der Waals surface area (Å²) in [7, 11) is 0. The molecule has 0 bridgehead atoms. The molecule has 3 aromatic carbocycles. The van der Waals surface area contributed by atoms with Crippen molar-refractivity contribution >= 4 is 29.3 Å². The molecule has 2 amide bonds. The predicted octanol–water partition coefficient (Wildman–Crippen LogP) is 5.16. The molecule has 13 heteroatoms. The van der Waals surface area contributed by atoms with Crippen molar-refractivity contribution in [3.63, 3.8) is 0 Å². The van der Waals surface area contributed by atoms with Crippen LogP contribution in [0.1, 0.15) is 29.0 Å². The van der Waals surface area contributed by atoms with Gasteiger partial charge >= 0.3 is 12.3 Å². The molecule has 4 atom stereocenters. The Bertz CT molecular complexity index is 1400. The number of rotatable bonds is 11. The minimum absolute atomic E-state index is 0.136. The average molecular weight is 637 g/mol. The summed E-state index contributed by atoms with van der Waals surface area (Å²) in [5, 5.41) is 8.06. The number of nitrogens with two attached hydrogens (primary N) is 1. The van der Waals surface area contributed by atoms with Crippen LogP contribution < -0.4 is 21.7 Å². The highest BCUT2D eigenvalue weighted by atomic mass is 35.5. The molecule has 1 heterocycles. The maximum atomic E-state index is 15.0. The molecule has 5 N–H and O–H groups in total. The van der Waals surface area contributed by atoms with Gasteiger partial charge in [0.1, 0.15) is 19.0 Å². The van der Waals surface area contributed by atoms with Gasteiger partial charge in [0.25, 0.3) is 0 Å². The molecule has 3 aromatic rings. The third-order valence-electron chi connectivity index (χ3n) is 7.14. The zero-order valence-corrected chi connectivity index (χ0v) is 24.3. The van der Waals surface area contributed by atoms with Gasteiger partial charge in [-0.1, -0.05) is 60.1 Å². The Hall–Kier alpha value is -3.71. The van der Waals surface area contributed by atoms with Gasteiger partial charge in [0.15, 0.2) is 0 Å². The van der Waals surface area contributed by atoms with Gasteiger partial charge in [-0.2, -0.15) is 13.2 Å². The smallest absolute Gasteiger partial charge is 0.407 e. The summed E-state index contributed by atoms with van der Waals surface area (Å²) in [5.74, 6) is -1.50. The molecule has 8 nitrogen and oxygen atoms in total. The van der Waals surface area contributed by atoms with Crippen LogP contribution in [0.3, 0.4) is 0 Å². The highest BCUT2D eigenvalue weighted by Crippen LogP contribution is 2.30. The van der Waals surface area contributed by atoms with Crippen molar-refractivity contribution < 1.29 is 36.6 Å². The summed E-state index contributed by atoms with van der Waals surface area (Å²) in [6.07, 6.45) is -5.39. The summed E-state index contributed by atoms with van der Waals surface area (Å²) in [6.45, 7) is -1.18. The van der Waals surface area contributed by atoms with Crippen LogP contribution in [0, 0.1) is 5.82 Å². The second-order valence-electron chi connectivity index (χ2n) is 10.4. The molecule has 1 aliphatic rings. The van der Waals surface area contributed by atoms with Crippen LogP contribution in [0.5, 0.6) is 0 Å². The van der Waals surface area contributed by atoms with E-state index in [-0.39, 0.29) is 25.7 Å². The van der Waals surface area contributed by atoms with Crippen LogP contribution in [0.2, 0.25) is 5.02 Å². The molecule has 44 heavy (non-hydrogen) atoms. The van der Waals surface area contributed by atoms with E-state index in [4.69, 9.17) is 26.8 Å². The van der Waals surface area contributed by atoms with Crippen LogP contribution in [-0.4, -0.2) is 62.7 Å². The fraction of sp³-hybridized carbons (Fsp3) is 0.355. The normalized spacial score (nSPS) is 18.2. The Morgan fingerprint density at radius 2 is 1.80 bits per heavy atom. The van der Waals surface area contributed by atoms with E-state index >= 15 is 0 Å². The van der Waals surface area contributed by atoms with Crippen molar-refractivity contribution in [3.05, 3.63) is 100 Å². The van der Waals surface area contributed by atoms with Crippen LogP contribution in [-0.2, 0) is 20.7 Å². The number of amides is 2. The zero-order valence-electron chi connectivity index (χ0n) is 23.6. The van der Waals surface area contributed by atoms with E-state index in [0.29, 0.717) is 29.2 Å². The summed E-state index contributed by atoms with van der Waals surface area (Å²) >= 11 is 6.23. The van der Waals surface area contributed by atoms with Gasteiger partial charge in [-0.25, -0.2) is 9.18 Å². The molecule has 4 rings (SSSR count). The average Bonchev–Trinajstić information content (AvgIpc) is 2.99. The van der Waals surface area contributed by atoms with Gasteiger partial charge in [0.2, 0.25) is 5.91 Å². The number of morpholine rings is 1. The zero-order chi connectivity index (χ0) is 31.7. The lowest BCUT2D eigenvalue weighted by atomic mass is 9.85. The Balaban J connectivity index is 1.34. The Morgan fingerprint density at radius 1 is 1.07 bits per heavy atom. The van der Waals surface area contributed by atoms with Gasteiger partial charge in [0.05, 0.1) is 24.8 Å². The van der Waals surface area contributed by atoms with Gasteiger partial charge in [-0.05, 0) is 48.2 Å². The first-order valence-corrected chi connectivity index (χ1v) is 14.3. The fourth-order valence-electron chi connectivity index (χ4n) is 4.93. The van der Waals surface area contributed by atoms with E-state index in [9.17, 15) is 27.2 Å². The summed E-state index contributed by atoms with van der Waals surface area (Å²) < 4.78 is 62.2. The Labute approximate surface area is 257 Å². The second-order valence-corrected chi connectivity index (χ2v) is 10.8. The largest absolute Gasteiger partial charge is 0.448 e. The van der Waals surface area contributed by atoms with Crippen LogP contribution in [0.4, 0.5) is 28.0 Å². The monoisotopic (exact) mass is 636 g/mol. The molecule has 0 radical (unpaired) electrons. The number of nitrogens with one attached hydrogen (secondary N) is 3. The first-order valence-electron chi connectivity index (χ1n) is 14.0. The van der Waals surface area contributed by atoms with E-state index < -0.39 is 48.5 Å². The molecule has 236 valence electrons. The van der Waals surface area contributed by atoms with E-state index in [1.54, 1.807) is 29.6 Å². The van der Waals surface area contributed by atoms with Crippen molar-refractivity contribution in [2.45, 2.75) is 43.1 Å². The molecule has 0 aliphatic carbocycles. The molecule has 1 saturated heterocycles. The minimum Gasteiger partial charge on any atom is -0.448 e. The lowest BCUT2D eigenvalue weighted by Crippen LogP contribution is -2.49. The molecule has 0 unspecified atom stereocenters. The van der Waals surface area contributed by atoms with E-state index in [2.05, 4.69) is 10.6 Å². The van der Waals surface area contributed by atoms with Gasteiger partial charge < -0.3 is 31.2 Å². The van der Waals surface area contributed by atoms with Gasteiger partial charge in [0, 0.05) is 28.7 Å². The predicted molar refractivity (Wildman–Crippen MR) is 158 cm³/mol. The molecule has 0 saturated carbocycles. The number of alkyl halides is 3. The number of anilines is 1. The summed E-state index contributed by atoms with van der Waals surface area (Å²) in [4.78, 5) is 24.9. The second kappa shape index (κ2) is 15.3. The van der Waals surface area contributed by atoms with Gasteiger partial charge in [-0.3, -0.25) is 4.79 Å². The van der Waals surface area contributed by atoms with E-state index in [0.717, 1.165) is 11.1 Å². The maximum absolute atomic E-state index is 15.0. The van der Waals surface area contributed by atoms with Crippen molar-refractivity contribution in [1.82, 2.24) is 10.6 Å². The van der Waals surface area contributed by atoms with Crippen molar-refractivity contribution in [1.29, 1.82) is 0 Å². The van der Waals surface area contributed by atoms with Gasteiger partial charge in [-0.15, -0.1) is 0 Å². The standard InChI is InChI=1S/C31H33ClF4N4O4/c32-21-9-4-8-20(14-21)27(19-6-2-1-3-7-19)28(37)29(41)40-26-11-5-10-25(33)24(26)13-12-23-15-38-22(16-43-23)17-44-30(42)39-18-31(34,35)36/h1-11,14,22-23,27-28,38H,12-13,15-18,37H2,(H,39,42)(H,40,41)/t22-,23+,27+,28-/m0/s1. The SMILES string of the molecule is N[C@H](C(=O)Nc1cccc(F)c1CC[C@@H]1CN[C@H](COC(=O)NCC(F)(F)F)CO1)[C@H](c1ccccc1)c1cccc(Cl)c1. The quantitative estimate of drug-likeness (QED) is 0.216. The third-order valence-corrected chi connectivity index (χ3v) is 7.37. The number of carbonyl (C=O) groups is 2. The third kappa shape index (κ3) is 9.65. The number of hydrogen-bond donors (Lipinski definition) is 4. The van der Waals surface area contributed by atoms with Crippen molar-refractivity contribution in [3.8, 4) is 0 Å². The van der Waals surface area contributed by atoms with Crippen molar-refractivity contribution in [2.75, 3.05) is 31.6 Å².